The number of rotatable bonds is 3. The van der Waals surface area contributed by atoms with E-state index < -0.39 is 11.6 Å². The maximum Gasteiger partial charge on any atom is 0.147 e. The van der Waals surface area contributed by atoms with Gasteiger partial charge < -0.3 is 9.73 Å². The molecule has 0 atom stereocenters. The van der Waals surface area contributed by atoms with Crippen LogP contribution >= 0.6 is 22.6 Å². The van der Waals surface area contributed by atoms with E-state index in [0.29, 0.717) is 23.5 Å². The molecule has 108 valence electrons. The second-order valence-electron chi connectivity index (χ2n) is 4.50. The van der Waals surface area contributed by atoms with E-state index in [1.54, 1.807) is 41.1 Å². The third kappa shape index (κ3) is 2.59. The first-order valence-corrected chi connectivity index (χ1v) is 7.45. The minimum atomic E-state index is -0.513. The molecule has 0 saturated heterocycles. The maximum absolute atomic E-state index is 14.0. The molecule has 0 aliphatic carbocycles. The molecule has 0 aliphatic heterocycles. The van der Waals surface area contributed by atoms with Crippen LogP contribution in [0.1, 0.15) is 12.7 Å². The van der Waals surface area contributed by atoms with Crippen LogP contribution in [0.5, 0.6) is 0 Å². The van der Waals surface area contributed by atoms with E-state index in [9.17, 15) is 8.78 Å². The first-order valence-electron chi connectivity index (χ1n) is 6.37. The minimum absolute atomic E-state index is 0.0779. The molecule has 2 aromatic heterocycles. The van der Waals surface area contributed by atoms with Gasteiger partial charge in [0.05, 0.1) is 20.3 Å². The van der Waals surface area contributed by atoms with Gasteiger partial charge in [-0.25, -0.2) is 8.78 Å². The Kier molecular flexibility index (Phi) is 3.79. The van der Waals surface area contributed by atoms with Crippen molar-refractivity contribution in [1.29, 1.82) is 0 Å². The largest absolute Gasteiger partial charge is 0.459 e. The Bertz CT molecular complexity index is 817. The fraction of sp³-hybridized carbons (Fsp3) is 0.133. The zero-order valence-electron chi connectivity index (χ0n) is 11.1. The molecule has 3 rings (SSSR count). The molecule has 0 fully saturated rings. The average molecular weight is 400 g/mol. The molecule has 21 heavy (non-hydrogen) atoms. The Morgan fingerprint density at radius 1 is 1.29 bits per heavy atom. The smallest absolute Gasteiger partial charge is 0.147 e. The molecule has 3 nitrogen and oxygen atoms in total. The van der Waals surface area contributed by atoms with Crippen LogP contribution in [0.2, 0.25) is 0 Å². The highest BCUT2D eigenvalue weighted by molar-refractivity contribution is 14.1. The van der Waals surface area contributed by atoms with E-state index in [2.05, 4.69) is 10.3 Å². The summed E-state index contributed by atoms with van der Waals surface area (Å²) in [6, 6.07) is 4.04. The van der Waals surface area contributed by atoms with Gasteiger partial charge in [0.2, 0.25) is 0 Å². The van der Waals surface area contributed by atoms with Crippen molar-refractivity contribution < 1.29 is 13.2 Å². The van der Waals surface area contributed by atoms with Gasteiger partial charge in [0.1, 0.15) is 23.0 Å². The number of aromatic nitrogens is 1. The van der Waals surface area contributed by atoms with Crippen molar-refractivity contribution in [2.24, 2.45) is 0 Å². The lowest BCUT2D eigenvalue weighted by atomic mass is 10.2. The first-order chi connectivity index (χ1) is 10.1. The van der Waals surface area contributed by atoms with Crippen molar-refractivity contribution in [1.82, 2.24) is 4.98 Å². The zero-order chi connectivity index (χ0) is 15.0. The predicted molar refractivity (Wildman–Crippen MR) is 85.7 cm³/mol. The molecular formula is C15H11F2IN2O. The van der Waals surface area contributed by atoms with Crippen LogP contribution < -0.4 is 5.32 Å². The minimum Gasteiger partial charge on any atom is -0.459 e. The summed E-state index contributed by atoms with van der Waals surface area (Å²) >= 11 is 1.75. The summed E-state index contributed by atoms with van der Waals surface area (Å²) in [5.74, 6) is -0.305. The second-order valence-corrected chi connectivity index (χ2v) is 5.66. The highest BCUT2D eigenvalue weighted by atomic mass is 127. The predicted octanol–water partition coefficient (Wildman–Crippen LogP) is 5.02. The lowest BCUT2D eigenvalue weighted by molar-refractivity contribution is 0.558. The molecule has 0 aliphatic rings. The molecule has 0 unspecified atom stereocenters. The molecule has 0 bridgehead atoms. The maximum atomic E-state index is 14.0. The molecule has 1 aromatic carbocycles. The Hall–Kier alpha value is -1.70. The van der Waals surface area contributed by atoms with Crippen LogP contribution in [-0.4, -0.2) is 4.98 Å². The summed E-state index contributed by atoms with van der Waals surface area (Å²) in [6.45, 7) is 1.93. The van der Waals surface area contributed by atoms with E-state index in [0.717, 1.165) is 17.5 Å². The molecule has 0 saturated carbocycles. The van der Waals surface area contributed by atoms with Gasteiger partial charge in [0.15, 0.2) is 0 Å². The van der Waals surface area contributed by atoms with Gasteiger partial charge in [-0.1, -0.05) is 6.92 Å². The van der Waals surface area contributed by atoms with E-state index in [1.165, 1.54) is 0 Å². The topological polar surface area (TPSA) is 38.1 Å². The Morgan fingerprint density at radius 3 is 2.86 bits per heavy atom. The molecule has 2 heterocycles. The quantitative estimate of drug-likeness (QED) is 0.496. The molecule has 6 heteroatoms. The van der Waals surface area contributed by atoms with Crippen LogP contribution in [0.4, 0.5) is 20.2 Å². The first kappa shape index (κ1) is 14.2. The molecule has 0 radical (unpaired) electrons. The fourth-order valence-electron chi connectivity index (χ4n) is 2.13. The van der Waals surface area contributed by atoms with Gasteiger partial charge in [0.25, 0.3) is 0 Å². The highest BCUT2D eigenvalue weighted by Crippen LogP contribution is 2.34. The number of aryl methyl sites for hydroxylation is 1. The lowest BCUT2D eigenvalue weighted by Crippen LogP contribution is -1.98. The van der Waals surface area contributed by atoms with Gasteiger partial charge in [-0.2, -0.15) is 0 Å². The van der Waals surface area contributed by atoms with Gasteiger partial charge in [-0.3, -0.25) is 4.98 Å². The van der Waals surface area contributed by atoms with Crippen molar-refractivity contribution in [3.63, 3.8) is 0 Å². The summed E-state index contributed by atoms with van der Waals surface area (Å²) in [6.07, 6.45) is 3.90. The average Bonchev–Trinajstić information content (AvgIpc) is 2.83. The number of anilines is 2. The van der Waals surface area contributed by atoms with Gasteiger partial charge >= 0.3 is 0 Å². The number of furan rings is 1. The molecular weight excluding hydrogens is 389 g/mol. The van der Waals surface area contributed by atoms with Gasteiger partial charge in [-0.15, -0.1) is 0 Å². The Labute approximate surface area is 133 Å². The van der Waals surface area contributed by atoms with Crippen molar-refractivity contribution >= 4 is 44.9 Å². The summed E-state index contributed by atoms with van der Waals surface area (Å²) in [5.41, 5.74) is 1.37. The van der Waals surface area contributed by atoms with Crippen LogP contribution in [0.25, 0.3) is 11.0 Å². The van der Waals surface area contributed by atoms with Crippen LogP contribution in [-0.2, 0) is 6.42 Å². The Balaban J connectivity index is 2.11. The third-order valence-electron chi connectivity index (χ3n) is 3.15. The number of nitrogens with zero attached hydrogens (tertiary/aromatic N) is 1. The summed E-state index contributed by atoms with van der Waals surface area (Å²) < 4.78 is 33.5. The third-order valence-corrected chi connectivity index (χ3v) is 3.98. The van der Waals surface area contributed by atoms with Crippen molar-refractivity contribution in [2.75, 3.05) is 5.32 Å². The van der Waals surface area contributed by atoms with E-state index in [4.69, 9.17) is 4.42 Å². The number of hydrogen-bond donors (Lipinski definition) is 1. The van der Waals surface area contributed by atoms with Crippen molar-refractivity contribution in [2.45, 2.75) is 13.3 Å². The van der Waals surface area contributed by atoms with E-state index >= 15 is 0 Å². The van der Waals surface area contributed by atoms with E-state index in [-0.39, 0.29) is 9.26 Å². The number of pyridine rings is 1. The monoisotopic (exact) mass is 400 g/mol. The molecule has 1 N–H and O–H groups in total. The number of benzene rings is 1. The SMILES string of the molecule is CCc1oc2ccncc2c1Nc1cc(F)c(I)cc1F. The molecule has 3 aromatic rings. The van der Waals surface area contributed by atoms with Crippen LogP contribution in [0.15, 0.2) is 35.0 Å². The molecule has 0 amide bonds. The number of nitrogens with one attached hydrogen (secondary N) is 1. The number of hydrogen-bond acceptors (Lipinski definition) is 3. The summed E-state index contributed by atoms with van der Waals surface area (Å²) in [7, 11) is 0. The van der Waals surface area contributed by atoms with E-state index in [1.807, 2.05) is 6.92 Å². The molecule has 0 spiro atoms. The zero-order valence-corrected chi connectivity index (χ0v) is 13.2. The van der Waals surface area contributed by atoms with Crippen molar-refractivity contribution in [3.05, 3.63) is 51.6 Å². The fourth-order valence-corrected chi connectivity index (χ4v) is 2.56. The van der Waals surface area contributed by atoms with Crippen LogP contribution in [0.3, 0.4) is 0 Å². The standard InChI is InChI=1S/C15H11F2IN2O/c1-2-13-15(8-7-19-4-3-14(8)21-13)20-12-6-9(16)11(18)5-10(12)17/h3-7,20H,2H2,1H3. The van der Waals surface area contributed by atoms with Gasteiger partial charge in [-0.05, 0) is 34.7 Å². The summed E-state index contributed by atoms with van der Waals surface area (Å²) in [4.78, 5) is 4.05. The number of halogens is 3. The van der Waals surface area contributed by atoms with Gasteiger partial charge in [0, 0.05) is 24.9 Å². The Morgan fingerprint density at radius 2 is 2.10 bits per heavy atom. The second kappa shape index (κ2) is 5.59. The summed E-state index contributed by atoms with van der Waals surface area (Å²) in [5, 5.41) is 3.67. The van der Waals surface area contributed by atoms with Crippen LogP contribution in [0, 0.1) is 15.2 Å². The normalized spacial score (nSPS) is 11.0. The lowest BCUT2D eigenvalue weighted by Gasteiger charge is -2.08. The van der Waals surface area contributed by atoms with Crippen molar-refractivity contribution in [3.8, 4) is 0 Å². The highest BCUT2D eigenvalue weighted by Gasteiger charge is 2.16. The number of fused-ring (bicyclic) bond motifs is 1.